The van der Waals surface area contributed by atoms with Crippen LogP contribution in [0.4, 0.5) is 11.4 Å². The Morgan fingerprint density at radius 2 is 1.77 bits per heavy atom. The molecule has 35 heavy (non-hydrogen) atoms. The summed E-state index contributed by atoms with van der Waals surface area (Å²) >= 11 is 0. The monoisotopic (exact) mass is 461 g/mol. The van der Waals surface area contributed by atoms with Gasteiger partial charge in [0, 0.05) is 11.7 Å². The van der Waals surface area contributed by atoms with Gasteiger partial charge in [-0.2, -0.15) is 5.10 Å². The SMILES string of the molecule is [C-]#[N+]c1cccc(-n2nc(C)cc2C(=O)Nc2cccc(C(NC3CCC3)c3ccccc3)c2)c1. The maximum Gasteiger partial charge on any atom is 0.274 e. The van der Waals surface area contributed by atoms with Crippen LogP contribution in [-0.4, -0.2) is 21.7 Å². The molecular weight excluding hydrogens is 434 g/mol. The third-order valence-corrected chi connectivity index (χ3v) is 6.39. The van der Waals surface area contributed by atoms with Crippen LogP contribution in [0.25, 0.3) is 10.5 Å². The molecule has 1 unspecified atom stereocenters. The van der Waals surface area contributed by atoms with Gasteiger partial charge >= 0.3 is 0 Å². The molecule has 0 spiro atoms. The van der Waals surface area contributed by atoms with E-state index in [1.165, 1.54) is 24.8 Å². The van der Waals surface area contributed by atoms with E-state index in [1.54, 1.807) is 28.9 Å². The topological polar surface area (TPSA) is 63.3 Å². The summed E-state index contributed by atoms with van der Waals surface area (Å²) in [7, 11) is 0. The molecule has 3 aromatic carbocycles. The molecule has 1 heterocycles. The van der Waals surface area contributed by atoms with Crippen molar-refractivity contribution in [3.05, 3.63) is 119 Å². The lowest BCUT2D eigenvalue weighted by molar-refractivity contribution is 0.101. The van der Waals surface area contributed by atoms with E-state index in [4.69, 9.17) is 6.57 Å². The predicted octanol–water partition coefficient (Wildman–Crippen LogP) is 6.22. The van der Waals surface area contributed by atoms with Crippen molar-refractivity contribution in [2.45, 2.75) is 38.3 Å². The van der Waals surface area contributed by atoms with Crippen LogP contribution >= 0.6 is 0 Å². The summed E-state index contributed by atoms with van der Waals surface area (Å²) in [4.78, 5) is 16.8. The number of benzene rings is 3. The zero-order chi connectivity index (χ0) is 24.2. The average Bonchev–Trinajstić information content (AvgIpc) is 3.26. The van der Waals surface area contributed by atoms with Crippen molar-refractivity contribution in [2.75, 3.05) is 5.32 Å². The lowest BCUT2D eigenvalue weighted by Gasteiger charge is -2.32. The van der Waals surface area contributed by atoms with Gasteiger partial charge in [0.15, 0.2) is 5.69 Å². The van der Waals surface area contributed by atoms with E-state index in [-0.39, 0.29) is 11.9 Å². The van der Waals surface area contributed by atoms with Crippen LogP contribution in [0.1, 0.15) is 52.6 Å². The molecule has 1 fully saturated rings. The Bertz CT molecular complexity index is 1380. The van der Waals surface area contributed by atoms with Gasteiger partial charge in [0.2, 0.25) is 0 Å². The molecule has 6 nitrogen and oxygen atoms in total. The fourth-order valence-electron chi connectivity index (χ4n) is 4.38. The lowest BCUT2D eigenvalue weighted by atomic mass is 9.89. The van der Waals surface area contributed by atoms with Gasteiger partial charge in [0.05, 0.1) is 24.0 Å². The van der Waals surface area contributed by atoms with E-state index < -0.39 is 0 Å². The summed E-state index contributed by atoms with van der Waals surface area (Å²) in [5.74, 6) is -0.251. The van der Waals surface area contributed by atoms with Gasteiger partial charge in [-0.15, -0.1) is 0 Å². The van der Waals surface area contributed by atoms with Gasteiger partial charge in [-0.1, -0.05) is 61.0 Å². The van der Waals surface area contributed by atoms with Crippen molar-refractivity contribution in [1.29, 1.82) is 0 Å². The van der Waals surface area contributed by atoms with E-state index in [0.29, 0.717) is 23.1 Å². The molecule has 2 N–H and O–H groups in total. The second-order valence-electron chi connectivity index (χ2n) is 8.93. The van der Waals surface area contributed by atoms with Crippen molar-refractivity contribution in [3.8, 4) is 5.69 Å². The minimum atomic E-state index is -0.251. The molecule has 6 heteroatoms. The van der Waals surface area contributed by atoms with Gasteiger partial charge in [-0.3, -0.25) is 4.79 Å². The van der Waals surface area contributed by atoms with Crippen LogP contribution in [0.5, 0.6) is 0 Å². The number of hydrogen-bond acceptors (Lipinski definition) is 3. The second kappa shape index (κ2) is 9.96. The molecular formula is C29H27N5O. The van der Waals surface area contributed by atoms with Crippen molar-refractivity contribution in [2.24, 2.45) is 0 Å². The number of carbonyl (C=O) groups excluding carboxylic acids is 1. The van der Waals surface area contributed by atoms with Gasteiger partial charge in [0.1, 0.15) is 5.69 Å². The highest BCUT2D eigenvalue weighted by atomic mass is 16.2. The molecule has 1 aliphatic carbocycles. The van der Waals surface area contributed by atoms with Gasteiger partial charge in [0.25, 0.3) is 5.91 Å². The largest absolute Gasteiger partial charge is 0.321 e. The molecule has 5 rings (SSSR count). The van der Waals surface area contributed by atoms with Crippen LogP contribution in [0.3, 0.4) is 0 Å². The normalized spacial score (nSPS) is 14.1. The lowest BCUT2D eigenvalue weighted by Crippen LogP contribution is -2.38. The summed E-state index contributed by atoms with van der Waals surface area (Å²) in [5.41, 5.74) is 5.36. The van der Waals surface area contributed by atoms with E-state index in [2.05, 4.69) is 50.9 Å². The van der Waals surface area contributed by atoms with Crippen LogP contribution in [0, 0.1) is 13.5 Å². The van der Waals surface area contributed by atoms with E-state index in [1.807, 2.05) is 37.3 Å². The Balaban J connectivity index is 1.42. The molecule has 1 aliphatic rings. The molecule has 1 aromatic heterocycles. The summed E-state index contributed by atoms with van der Waals surface area (Å²) in [5, 5.41) is 11.3. The van der Waals surface area contributed by atoms with E-state index >= 15 is 0 Å². The number of nitrogens with zero attached hydrogens (tertiary/aromatic N) is 3. The fraction of sp³-hybridized carbons (Fsp3) is 0.207. The first-order valence-electron chi connectivity index (χ1n) is 11.9. The highest BCUT2D eigenvalue weighted by molar-refractivity contribution is 6.03. The Morgan fingerprint density at radius 1 is 1.00 bits per heavy atom. The Morgan fingerprint density at radius 3 is 2.51 bits per heavy atom. The highest BCUT2D eigenvalue weighted by Crippen LogP contribution is 2.29. The molecule has 0 bridgehead atoms. The zero-order valence-electron chi connectivity index (χ0n) is 19.6. The first-order chi connectivity index (χ1) is 17.1. The Hall–Kier alpha value is -4.21. The summed E-state index contributed by atoms with van der Waals surface area (Å²) in [6.07, 6.45) is 3.65. The van der Waals surface area contributed by atoms with Crippen LogP contribution in [0.2, 0.25) is 0 Å². The van der Waals surface area contributed by atoms with Crippen LogP contribution in [0.15, 0.2) is 84.9 Å². The number of anilines is 1. The van der Waals surface area contributed by atoms with Crippen molar-refractivity contribution < 1.29 is 4.79 Å². The minimum Gasteiger partial charge on any atom is -0.321 e. The number of amides is 1. The van der Waals surface area contributed by atoms with Crippen molar-refractivity contribution in [1.82, 2.24) is 15.1 Å². The Kier molecular flexibility index (Phi) is 6.42. The number of rotatable bonds is 7. The third kappa shape index (κ3) is 5.01. The maximum atomic E-state index is 13.3. The molecule has 1 atom stereocenters. The first kappa shape index (κ1) is 22.6. The summed E-state index contributed by atoms with van der Waals surface area (Å²) < 4.78 is 1.59. The number of nitrogens with one attached hydrogen (secondary N) is 2. The molecule has 1 saturated carbocycles. The quantitative estimate of drug-likeness (QED) is 0.321. The van der Waals surface area contributed by atoms with Crippen LogP contribution < -0.4 is 10.6 Å². The molecule has 0 radical (unpaired) electrons. The fourth-order valence-corrected chi connectivity index (χ4v) is 4.38. The predicted molar refractivity (Wildman–Crippen MR) is 138 cm³/mol. The second-order valence-corrected chi connectivity index (χ2v) is 8.93. The number of aryl methyl sites for hydroxylation is 1. The molecule has 1 amide bonds. The number of aromatic nitrogens is 2. The maximum absolute atomic E-state index is 13.3. The smallest absolute Gasteiger partial charge is 0.274 e. The van der Waals surface area contributed by atoms with Gasteiger partial charge < -0.3 is 10.6 Å². The summed E-state index contributed by atoms with van der Waals surface area (Å²) in [6.45, 7) is 9.13. The van der Waals surface area contributed by atoms with Crippen molar-refractivity contribution >= 4 is 17.3 Å². The van der Waals surface area contributed by atoms with Gasteiger partial charge in [-0.25, -0.2) is 9.53 Å². The van der Waals surface area contributed by atoms with E-state index in [0.717, 1.165) is 16.9 Å². The highest BCUT2D eigenvalue weighted by Gasteiger charge is 2.24. The standard InChI is InChI=1S/C29H27N5O/c1-20-17-27(34(33-20)26-16-8-14-24(19-26)30-2)29(35)32-25-15-6-11-22(18-25)28(31-23-12-7-13-23)21-9-4-3-5-10-21/h3-6,8-11,14-19,23,28,31H,7,12-13H2,1H3,(H,32,35). The average molecular weight is 462 g/mol. The van der Waals surface area contributed by atoms with E-state index in [9.17, 15) is 4.79 Å². The first-order valence-corrected chi connectivity index (χ1v) is 11.9. The minimum absolute atomic E-state index is 0.0579. The molecule has 0 aliphatic heterocycles. The van der Waals surface area contributed by atoms with Crippen LogP contribution in [-0.2, 0) is 0 Å². The number of hydrogen-bond donors (Lipinski definition) is 2. The van der Waals surface area contributed by atoms with Crippen molar-refractivity contribution in [3.63, 3.8) is 0 Å². The summed E-state index contributed by atoms with van der Waals surface area (Å²) in [6, 6.07) is 27.9. The molecule has 174 valence electrons. The molecule has 4 aromatic rings. The third-order valence-electron chi connectivity index (χ3n) is 6.39. The number of carbonyl (C=O) groups is 1. The molecule has 0 saturated heterocycles. The van der Waals surface area contributed by atoms with Gasteiger partial charge in [-0.05, 0) is 61.2 Å². The Labute approximate surface area is 205 Å². The zero-order valence-corrected chi connectivity index (χ0v) is 19.6.